The van der Waals surface area contributed by atoms with Crippen molar-refractivity contribution in [3.05, 3.63) is 12.2 Å². The van der Waals surface area contributed by atoms with Gasteiger partial charge in [-0.2, -0.15) is 13.2 Å². The predicted octanol–water partition coefficient (Wildman–Crippen LogP) is 3.69. The van der Waals surface area contributed by atoms with Crippen molar-refractivity contribution in [2.45, 2.75) is 38.8 Å². The van der Waals surface area contributed by atoms with Crippen LogP contribution in [0, 0.1) is 0 Å². The van der Waals surface area contributed by atoms with Gasteiger partial charge >= 0.3 is 6.18 Å². The van der Waals surface area contributed by atoms with E-state index in [1.807, 2.05) is 19.1 Å². The highest BCUT2D eigenvalue weighted by Gasteiger charge is 2.25. The summed E-state index contributed by atoms with van der Waals surface area (Å²) in [5, 5.41) is 0. The quantitative estimate of drug-likeness (QED) is 0.441. The molecule has 0 aromatic carbocycles. The first kappa shape index (κ1) is 10.5. The minimum Gasteiger partial charge on any atom is -0.171 e. The lowest BCUT2D eigenvalue weighted by Crippen LogP contribution is -2.05. The Kier molecular flexibility index (Phi) is 4.99. The normalized spacial score (nSPS) is 12.7. The van der Waals surface area contributed by atoms with E-state index in [-0.39, 0.29) is 6.42 Å². The molecule has 0 aliphatic carbocycles. The Morgan fingerprint density at radius 3 is 2.27 bits per heavy atom. The van der Waals surface area contributed by atoms with E-state index < -0.39 is 12.6 Å². The Balaban J connectivity index is 3.15. The van der Waals surface area contributed by atoms with Crippen molar-refractivity contribution in [3.63, 3.8) is 0 Å². The average molecular weight is 166 g/mol. The van der Waals surface area contributed by atoms with Crippen molar-refractivity contribution in [3.8, 4) is 0 Å². The molecule has 0 spiro atoms. The third-order valence-electron chi connectivity index (χ3n) is 1.32. The van der Waals surface area contributed by atoms with E-state index in [0.717, 1.165) is 6.42 Å². The van der Waals surface area contributed by atoms with Gasteiger partial charge in [0.2, 0.25) is 0 Å². The molecule has 0 aromatic heterocycles. The molecule has 0 aliphatic rings. The first-order chi connectivity index (χ1) is 5.06. The number of allylic oxidation sites excluding steroid dienone is 2. The van der Waals surface area contributed by atoms with E-state index in [1.54, 1.807) is 0 Å². The van der Waals surface area contributed by atoms with E-state index in [0.29, 0.717) is 6.42 Å². The fraction of sp³-hybridized carbons (Fsp3) is 0.750. The Morgan fingerprint density at radius 1 is 1.18 bits per heavy atom. The molecular formula is C8H13F3. The summed E-state index contributed by atoms with van der Waals surface area (Å²) in [6.45, 7) is 1.86. The minimum absolute atomic E-state index is 0.244. The molecule has 3 heteroatoms. The highest BCUT2D eigenvalue weighted by molar-refractivity contribution is 4.76. The van der Waals surface area contributed by atoms with E-state index in [4.69, 9.17) is 0 Å². The van der Waals surface area contributed by atoms with Crippen LogP contribution in [0.3, 0.4) is 0 Å². The lowest BCUT2D eigenvalue weighted by atomic mass is 10.2. The van der Waals surface area contributed by atoms with Crippen LogP contribution in [0.15, 0.2) is 12.2 Å². The molecule has 0 atom stereocenters. The van der Waals surface area contributed by atoms with E-state index in [2.05, 4.69) is 0 Å². The topological polar surface area (TPSA) is 0 Å². The largest absolute Gasteiger partial charge is 0.389 e. The monoisotopic (exact) mass is 166 g/mol. The Labute approximate surface area is 65.1 Å². The summed E-state index contributed by atoms with van der Waals surface area (Å²) in [6, 6.07) is 0. The van der Waals surface area contributed by atoms with Gasteiger partial charge in [-0.3, -0.25) is 0 Å². The van der Waals surface area contributed by atoms with Gasteiger partial charge in [0, 0.05) is 6.42 Å². The second-order valence-corrected chi connectivity index (χ2v) is 2.43. The third kappa shape index (κ3) is 9.53. The van der Waals surface area contributed by atoms with Gasteiger partial charge in [0.05, 0.1) is 0 Å². The van der Waals surface area contributed by atoms with Gasteiger partial charge in [-0.15, -0.1) is 0 Å². The van der Waals surface area contributed by atoms with Gasteiger partial charge in [0.15, 0.2) is 0 Å². The van der Waals surface area contributed by atoms with Crippen molar-refractivity contribution in [1.82, 2.24) is 0 Å². The maximum Gasteiger partial charge on any atom is 0.389 e. The first-order valence-corrected chi connectivity index (χ1v) is 3.74. The average Bonchev–Trinajstić information content (AvgIpc) is 1.85. The predicted molar refractivity (Wildman–Crippen MR) is 39.3 cm³/mol. The fourth-order valence-corrected chi connectivity index (χ4v) is 0.754. The molecule has 0 radical (unpaired) electrons. The van der Waals surface area contributed by atoms with Crippen LogP contribution in [0.1, 0.15) is 32.6 Å². The number of alkyl halides is 3. The number of unbranched alkanes of at least 4 members (excludes halogenated alkanes) is 2. The number of hydrogen-bond acceptors (Lipinski definition) is 0. The Bertz CT molecular complexity index is 113. The van der Waals surface area contributed by atoms with Crippen molar-refractivity contribution < 1.29 is 13.2 Å². The summed E-state index contributed by atoms with van der Waals surface area (Å²) in [7, 11) is 0. The highest BCUT2D eigenvalue weighted by atomic mass is 19.4. The summed E-state index contributed by atoms with van der Waals surface area (Å²) in [5.74, 6) is 0. The zero-order valence-electron chi connectivity index (χ0n) is 6.62. The molecule has 11 heavy (non-hydrogen) atoms. The summed E-state index contributed by atoms with van der Waals surface area (Å²) in [5.41, 5.74) is 0. The molecule has 0 fully saturated rings. The Morgan fingerprint density at radius 2 is 1.82 bits per heavy atom. The molecule has 0 rings (SSSR count). The molecule has 0 N–H and O–H groups in total. The molecule has 0 aromatic rings. The maximum atomic E-state index is 11.5. The third-order valence-corrected chi connectivity index (χ3v) is 1.32. The lowest BCUT2D eigenvalue weighted by molar-refractivity contribution is -0.135. The van der Waals surface area contributed by atoms with Crippen LogP contribution in [0.4, 0.5) is 13.2 Å². The van der Waals surface area contributed by atoms with Crippen LogP contribution in [-0.4, -0.2) is 6.18 Å². The fourth-order valence-electron chi connectivity index (χ4n) is 0.754. The second kappa shape index (κ2) is 5.22. The van der Waals surface area contributed by atoms with Crippen LogP contribution in [0.25, 0.3) is 0 Å². The van der Waals surface area contributed by atoms with Gasteiger partial charge < -0.3 is 0 Å². The zero-order chi connectivity index (χ0) is 8.74. The van der Waals surface area contributed by atoms with Gasteiger partial charge in [-0.1, -0.05) is 12.2 Å². The highest BCUT2D eigenvalue weighted by Crippen LogP contribution is 2.22. The molecule has 0 nitrogen and oxygen atoms in total. The second-order valence-electron chi connectivity index (χ2n) is 2.43. The minimum atomic E-state index is -3.98. The van der Waals surface area contributed by atoms with Gasteiger partial charge in [-0.25, -0.2) is 0 Å². The number of halogens is 3. The summed E-state index contributed by atoms with van der Waals surface area (Å²) < 4.78 is 34.6. The van der Waals surface area contributed by atoms with Crippen molar-refractivity contribution in [1.29, 1.82) is 0 Å². The molecule has 0 saturated heterocycles. The van der Waals surface area contributed by atoms with Crippen molar-refractivity contribution in [2.24, 2.45) is 0 Å². The van der Waals surface area contributed by atoms with Crippen LogP contribution in [-0.2, 0) is 0 Å². The van der Waals surface area contributed by atoms with Crippen LogP contribution in [0.2, 0.25) is 0 Å². The van der Waals surface area contributed by atoms with Crippen molar-refractivity contribution >= 4 is 0 Å². The molecular weight excluding hydrogens is 153 g/mol. The molecule has 0 unspecified atom stereocenters. The molecule has 66 valence electrons. The molecule has 0 heterocycles. The summed E-state index contributed by atoms with van der Waals surface area (Å²) in [4.78, 5) is 0. The van der Waals surface area contributed by atoms with E-state index >= 15 is 0 Å². The SMILES string of the molecule is C/C=C/CCCCC(F)(F)F. The van der Waals surface area contributed by atoms with E-state index in [1.165, 1.54) is 0 Å². The van der Waals surface area contributed by atoms with Crippen LogP contribution >= 0.6 is 0 Å². The van der Waals surface area contributed by atoms with Gasteiger partial charge in [0.25, 0.3) is 0 Å². The lowest BCUT2D eigenvalue weighted by Gasteiger charge is -2.03. The molecule has 0 aliphatic heterocycles. The number of rotatable bonds is 4. The smallest absolute Gasteiger partial charge is 0.171 e. The first-order valence-electron chi connectivity index (χ1n) is 3.74. The Hall–Kier alpha value is -0.470. The van der Waals surface area contributed by atoms with Crippen LogP contribution in [0.5, 0.6) is 0 Å². The maximum absolute atomic E-state index is 11.5. The van der Waals surface area contributed by atoms with E-state index in [9.17, 15) is 13.2 Å². The molecule has 0 amide bonds. The summed E-state index contributed by atoms with van der Waals surface area (Å²) >= 11 is 0. The molecule has 0 bridgehead atoms. The van der Waals surface area contributed by atoms with Crippen molar-refractivity contribution in [2.75, 3.05) is 0 Å². The summed E-state index contributed by atoms with van der Waals surface area (Å²) in [6.07, 6.45) is 0.745. The standard InChI is InChI=1S/C8H13F3/c1-2-3-4-5-6-7-8(9,10)11/h2-3H,4-7H2,1H3/b3-2+. The van der Waals surface area contributed by atoms with Gasteiger partial charge in [-0.05, 0) is 26.2 Å². The molecule has 0 saturated carbocycles. The van der Waals surface area contributed by atoms with Gasteiger partial charge in [0.1, 0.15) is 0 Å². The van der Waals surface area contributed by atoms with Crippen LogP contribution < -0.4 is 0 Å². The zero-order valence-corrected chi connectivity index (χ0v) is 6.62. The number of hydrogen-bond donors (Lipinski definition) is 0.